The predicted molar refractivity (Wildman–Crippen MR) is 115 cm³/mol. The second kappa shape index (κ2) is 10.1. The fourth-order valence-electron chi connectivity index (χ4n) is 3.92. The Labute approximate surface area is 179 Å². The standard InChI is InChI=1S/C24H32N2O4/c1-24(2,29)11-10-19-5-3-7-21(17-19)23(28)26-12-4-6-20(18-26)8-9-22(27)25-13-15-30-16-14-25/h3,5,7,17,20,29H,4,6,8-9,12-16,18H2,1-2H3/t20-/m0/s1. The van der Waals surface area contributed by atoms with E-state index >= 15 is 0 Å². The van der Waals surface area contributed by atoms with E-state index in [4.69, 9.17) is 4.74 Å². The minimum Gasteiger partial charge on any atom is -0.378 e. The summed E-state index contributed by atoms with van der Waals surface area (Å²) in [5, 5.41) is 9.78. The van der Waals surface area contributed by atoms with E-state index in [-0.39, 0.29) is 11.8 Å². The molecule has 6 heteroatoms. The molecule has 2 saturated heterocycles. The van der Waals surface area contributed by atoms with E-state index in [1.54, 1.807) is 19.9 Å². The van der Waals surface area contributed by atoms with Gasteiger partial charge >= 0.3 is 0 Å². The van der Waals surface area contributed by atoms with E-state index in [1.165, 1.54) is 0 Å². The van der Waals surface area contributed by atoms with E-state index in [0.717, 1.165) is 25.8 Å². The van der Waals surface area contributed by atoms with Gasteiger partial charge in [-0.1, -0.05) is 17.9 Å². The van der Waals surface area contributed by atoms with Crippen molar-refractivity contribution in [1.82, 2.24) is 9.80 Å². The van der Waals surface area contributed by atoms with Crippen LogP contribution in [0.25, 0.3) is 0 Å². The molecule has 0 radical (unpaired) electrons. The molecule has 2 aliphatic rings. The molecule has 3 rings (SSSR count). The fraction of sp³-hybridized carbons (Fsp3) is 0.583. The van der Waals surface area contributed by atoms with Crippen LogP contribution in [-0.2, 0) is 9.53 Å². The first-order valence-electron chi connectivity index (χ1n) is 10.8. The van der Waals surface area contributed by atoms with Crippen LogP contribution >= 0.6 is 0 Å². The molecule has 0 aliphatic carbocycles. The SMILES string of the molecule is CC(C)(O)C#Cc1cccc(C(=O)N2CCC[C@@H](CCC(=O)N3CCOCC3)C2)c1. The Bertz CT molecular complexity index is 812. The highest BCUT2D eigenvalue weighted by atomic mass is 16.5. The Hall–Kier alpha value is -2.36. The van der Waals surface area contributed by atoms with Crippen LogP contribution in [0.15, 0.2) is 24.3 Å². The Balaban J connectivity index is 1.56. The number of hydrogen-bond donors (Lipinski definition) is 1. The minimum atomic E-state index is -1.07. The van der Waals surface area contributed by atoms with Crippen LogP contribution in [0.2, 0.25) is 0 Å². The first-order valence-corrected chi connectivity index (χ1v) is 10.8. The third kappa shape index (κ3) is 6.58. The molecule has 1 N–H and O–H groups in total. The predicted octanol–water partition coefficient (Wildman–Crippen LogP) is 2.30. The molecular weight excluding hydrogens is 380 g/mol. The number of nitrogens with zero attached hydrogens (tertiary/aromatic N) is 2. The van der Waals surface area contributed by atoms with Crippen molar-refractivity contribution in [3.05, 3.63) is 35.4 Å². The molecule has 1 atom stereocenters. The van der Waals surface area contributed by atoms with Crippen LogP contribution in [0.1, 0.15) is 55.5 Å². The second-order valence-corrected chi connectivity index (χ2v) is 8.68. The molecule has 2 amide bonds. The molecule has 162 valence electrons. The normalized spacial score (nSPS) is 19.8. The summed E-state index contributed by atoms with van der Waals surface area (Å²) in [7, 11) is 0. The molecule has 1 aromatic carbocycles. The van der Waals surface area contributed by atoms with Crippen molar-refractivity contribution in [3.63, 3.8) is 0 Å². The van der Waals surface area contributed by atoms with E-state index in [9.17, 15) is 14.7 Å². The van der Waals surface area contributed by atoms with Gasteiger partial charge < -0.3 is 19.6 Å². The summed E-state index contributed by atoms with van der Waals surface area (Å²) in [4.78, 5) is 29.2. The fourth-order valence-corrected chi connectivity index (χ4v) is 3.92. The Morgan fingerprint density at radius 2 is 1.97 bits per heavy atom. The molecule has 0 saturated carbocycles. The monoisotopic (exact) mass is 412 g/mol. The Morgan fingerprint density at radius 3 is 2.70 bits per heavy atom. The molecule has 0 bridgehead atoms. The van der Waals surface area contributed by atoms with Gasteiger partial charge in [0.2, 0.25) is 5.91 Å². The number of benzene rings is 1. The highest BCUT2D eigenvalue weighted by molar-refractivity contribution is 5.94. The number of ether oxygens (including phenoxy) is 1. The third-order valence-electron chi connectivity index (χ3n) is 5.56. The van der Waals surface area contributed by atoms with Crippen molar-refractivity contribution >= 4 is 11.8 Å². The van der Waals surface area contributed by atoms with Crippen LogP contribution in [0.4, 0.5) is 0 Å². The summed E-state index contributed by atoms with van der Waals surface area (Å²) >= 11 is 0. The van der Waals surface area contributed by atoms with Crippen LogP contribution in [0.3, 0.4) is 0 Å². The van der Waals surface area contributed by atoms with Gasteiger partial charge in [-0.05, 0) is 57.2 Å². The average molecular weight is 413 g/mol. The average Bonchev–Trinajstić information content (AvgIpc) is 2.76. The van der Waals surface area contributed by atoms with Gasteiger partial charge in [-0.25, -0.2) is 0 Å². The van der Waals surface area contributed by atoms with Crippen molar-refractivity contribution in [3.8, 4) is 11.8 Å². The maximum Gasteiger partial charge on any atom is 0.253 e. The second-order valence-electron chi connectivity index (χ2n) is 8.68. The smallest absolute Gasteiger partial charge is 0.253 e. The van der Waals surface area contributed by atoms with Crippen molar-refractivity contribution in [2.45, 2.75) is 45.1 Å². The van der Waals surface area contributed by atoms with Crippen molar-refractivity contribution < 1.29 is 19.4 Å². The van der Waals surface area contributed by atoms with Gasteiger partial charge in [-0.15, -0.1) is 0 Å². The van der Waals surface area contributed by atoms with Crippen LogP contribution in [0.5, 0.6) is 0 Å². The molecule has 1 aromatic rings. The number of morpholine rings is 1. The van der Waals surface area contributed by atoms with Gasteiger partial charge in [0, 0.05) is 43.7 Å². The van der Waals surface area contributed by atoms with E-state index in [0.29, 0.717) is 56.3 Å². The highest BCUT2D eigenvalue weighted by Gasteiger charge is 2.26. The lowest BCUT2D eigenvalue weighted by Gasteiger charge is -2.33. The first kappa shape index (κ1) is 22.3. The third-order valence-corrected chi connectivity index (χ3v) is 5.56. The van der Waals surface area contributed by atoms with E-state index < -0.39 is 5.60 Å². The zero-order chi connectivity index (χ0) is 21.6. The lowest BCUT2D eigenvalue weighted by atomic mass is 9.92. The summed E-state index contributed by atoms with van der Waals surface area (Å²) in [6, 6.07) is 7.26. The Kier molecular flexibility index (Phi) is 7.52. The highest BCUT2D eigenvalue weighted by Crippen LogP contribution is 2.23. The van der Waals surface area contributed by atoms with E-state index in [1.807, 2.05) is 28.0 Å². The number of carbonyl (C=O) groups is 2. The molecule has 0 spiro atoms. The summed E-state index contributed by atoms with van der Waals surface area (Å²) in [5.41, 5.74) is 0.258. The van der Waals surface area contributed by atoms with Crippen molar-refractivity contribution in [2.24, 2.45) is 5.92 Å². The lowest BCUT2D eigenvalue weighted by molar-refractivity contribution is -0.135. The van der Waals surface area contributed by atoms with Gasteiger partial charge in [-0.3, -0.25) is 9.59 Å². The number of amides is 2. The van der Waals surface area contributed by atoms with Crippen LogP contribution in [0, 0.1) is 17.8 Å². The molecule has 0 unspecified atom stereocenters. The molecule has 0 aromatic heterocycles. The van der Waals surface area contributed by atoms with Crippen molar-refractivity contribution in [2.75, 3.05) is 39.4 Å². The molecule has 2 heterocycles. The number of aliphatic hydroxyl groups is 1. The molecular formula is C24H32N2O4. The summed E-state index contributed by atoms with van der Waals surface area (Å²) < 4.78 is 5.31. The summed E-state index contributed by atoms with van der Waals surface area (Å²) in [5.74, 6) is 6.27. The lowest BCUT2D eigenvalue weighted by Crippen LogP contribution is -2.42. The van der Waals surface area contributed by atoms with Gasteiger partial charge in [0.05, 0.1) is 13.2 Å². The number of piperidine rings is 1. The van der Waals surface area contributed by atoms with Gasteiger partial charge in [0.15, 0.2) is 0 Å². The van der Waals surface area contributed by atoms with Crippen LogP contribution < -0.4 is 0 Å². The molecule has 30 heavy (non-hydrogen) atoms. The zero-order valence-electron chi connectivity index (χ0n) is 18.0. The van der Waals surface area contributed by atoms with E-state index in [2.05, 4.69) is 11.8 Å². The number of likely N-dealkylation sites (tertiary alicyclic amines) is 1. The summed E-state index contributed by atoms with van der Waals surface area (Å²) in [6.07, 6.45) is 3.36. The van der Waals surface area contributed by atoms with Gasteiger partial charge in [0.1, 0.15) is 5.60 Å². The largest absolute Gasteiger partial charge is 0.378 e. The number of rotatable bonds is 4. The maximum absolute atomic E-state index is 13.0. The quantitative estimate of drug-likeness (QED) is 0.771. The topological polar surface area (TPSA) is 70.1 Å². The zero-order valence-corrected chi connectivity index (χ0v) is 18.0. The van der Waals surface area contributed by atoms with Gasteiger partial charge in [-0.2, -0.15) is 0 Å². The van der Waals surface area contributed by atoms with Crippen LogP contribution in [-0.4, -0.2) is 71.7 Å². The van der Waals surface area contributed by atoms with Crippen molar-refractivity contribution in [1.29, 1.82) is 0 Å². The van der Waals surface area contributed by atoms with Gasteiger partial charge in [0.25, 0.3) is 5.91 Å². The number of hydrogen-bond acceptors (Lipinski definition) is 4. The molecule has 2 fully saturated rings. The summed E-state index contributed by atoms with van der Waals surface area (Å²) in [6.45, 7) is 7.30. The first-order chi connectivity index (χ1) is 14.3. The molecule has 6 nitrogen and oxygen atoms in total. The number of carbonyl (C=O) groups excluding carboxylic acids is 2. The maximum atomic E-state index is 13.0. The molecule has 2 aliphatic heterocycles. The minimum absolute atomic E-state index is 0.00566. The Morgan fingerprint density at radius 1 is 1.20 bits per heavy atom.